The van der Waals surface area contributed by atoms with Crippen molar-refractivity contribution >= 4 is 18.1 Å². The number of ether oxygens (including phenoxy) is 2. The zero-order valence-electron chi connectivity index (χ0n) is 9.99. The molecule has 17 heavy (non-hydrogen) atoms. The molecule has 2 heterocycles. The first kappa shape index (κ1) is 12.5. The predicted molar refractivity (Wildman–Crippen MR) is 70.5 cm³/mol. The molecule has 0 radical (unpaired) electrons. The van der Waals surface area contributed by atoms with Crippen molar-refractivity contribution in [3.05, 3.63) is 23.8 Å². The fourth-order valence-corrected chi connectivity index (χ4v) is 2.89. The third-order valence-electron chi connectivity index (χ3n) is 3.87. The van der Waals surface area contributed by atoms with Crippen LogP contribution in [0, 0.1) is 0 Å². The highest BCUT2D eigenvalue weighted by atomic mass is 35.5. The number of rotatable bonds is 1. The first-order valence-corrected chi connectivity index (χ1v) is 5.85. The Hall–Kier alpha value is -0.930. The minimum Gasteiger partial charge on any atom is -0.495 e. The third-order valence-corrected chi connectivity index (χ3v) is 3.87. The van der Waals surface area contributed by atoms with Gasteiger partial charge in [0.15, 0.2) is 0 Å². The second kappa shape index (κ2) is 4.75. The molecule has 0 bridgehead atoms. The summed E-state index contributed by atoms with van der Waals surface area (Å²) in [6.07, 6.45) is 2.22. The SMILES string of the molecule is COc1cccc2c1NCC21CCOCC1.Cl. The van der Waals surface area contributed by atoms with Crippen LogP contribution in [0.3, 0.4) is 0 Å². The van der Waals surface area contributed by atoms with Gasteiger partial charge < -0.3 is 14.8 Å². The summed E-state index contributed by atoms with van der Waals surface area (Å²) in [5, 5.41) is 3.50. The Bertz CT molecular complexity index is 402. The fraction of sp³-hybridized carbons (Fsp3) is 0.538. The molecule has 0 amide bonds. The summed E-state index contributed by atoms with van der Waals surface area (Å²) in [4.78, 5) is 0. The van der Waals surface area contributed by atoms with Crippen LogP contribution in [0.2, 0.25) is 0 Å². The van der Waals surface area contributed by atoms with Crippen molar-refractivity contribution < 1.29 is 9.47 Å². The molecule has 0 aromatic heterocycles. The maximum atomic E-state index is 5.47. The van der Waals surface area contributed by atoms with Crippen molar-refractivity contribution in [3.63, 3.8) is 0 Å². The van der Waals surface area contributed by atoms with Gasteiger partial charge in [-0.15, -0.1) is 12.4 Å². The Morgan fingerprint density at radius 1 is 1.29 bits per heavy atom. The molecule has 94 valence electrons. The zero-order chi connectivity index (χ0) is 11.0. The molecular formula is C13H18ClNO2. The zero-order valence-corrected chi connectivity index (χ0v) is 10.8. The fourth-order valence-electron chi connectivity index (χ4n) is 2.89. The molecule has 1 spiro atoms. The summed E-state index contributed by atoms with van der Waals surface area (Å²) in [6.45, 7) is 2.77. The summed E-state index contributed by atoms with van der Waals surface area (Å²) >= 11 is 0. The number of anilines is 1. The van der Waals surface area contributed by atoms with Crippen LogP contribution in [0.15, 0.2) is 18.2 Å². The highest BCUT2D eigenvalue weighted by molar-refractivity contribution is 5.85. The lowest BCUT2D eigenvalue weighted by Gasteiger charge is -2.33. The third kappa shape index (κ3) is 1.87. The Morgan fingerprint density at radius 3 is 2.76 bits per heavy atom. The summed E-state index contributed by atoms with van der Waals surface area (Å²) in [6, 6.07) is 6.33. The van der Waals surface area contributed by atoms with Crippen molar-refractivity contribution in [1.29, 1.82) is 0 Å². The van der Waals surface area contributed by atoms with E-state index in [0.29, 0.717) is 0 Å². The number of hydrogen-bond acceptors (Lipinski definition) is 3. The number of nitrogens with one attached hydrogen (secondary N) is 1. The van der Waals surface area contributed by atoms with Crippen molar-refractivity contribution in [2.45, 2.75) is 18.3 Å². The van der Waals surface area contributed by atoms with E-state index in [2.05, 4.69) is 17.4 Å². The van der Waals surface area contributed by atoms with E-state index >= 15 is 0 Å². The smallest absolute Gasteiger partial charge is 0.142 e. The Morgan fingerprint density at radius 2 is 2.06 bits per heavy atom. The number of para-hydroxylation sites is 1. The summed E-state index contributed by atoms with van der Waals surface area (Å²) in [5.74, 6) is 0.959. The second-order valence-electron chi connectivity index (χ2n) is 4.63. The number of fused-ring (bicyclic) bond motifs is 2. The van der Waals surface area contributed by atoms with Gasteiger partial charge in [0.25, 0.3) is 0 Å². The van der Waals surface area contributed by atoms with Gasteiger partial charge in [0.2, 0.25) is 0 Å². The van der Waals surface area contributed by atoms with E-state index in [-0.39, 0.29) is 17.8 Å². The number of halogens is 1. The van der Waals surface area contributed by atoms with Crippen LogP contribution in [0.5, 0.6) is 5.75 Å². The molecular weight excluding hydrogens is 238 g/mol. The van der Waals surface area contributed by atoms with Gasteiger partial charge in [0.1, 0.15) is 5.75 Å². The minimum atomic E-state index is 0. The Kier molecular flexibility index (Phi) is 3.50. The highest BCUT2D eigenvalue weighted by Gasteiger charge is 2.41. The van der Waals surface area contributed by atoms with Gasteiger partial charge in [-0.2, -0.15) is 0 Å². The van der Waals surface area contributed by atoms with Gasteiger partial charge in [-0.05, 0) is 24.5 Å². The first-order valence-electron chi connectivity index (χ1n) is 5.85. The van der Waals surface area contributed by atoms with E-state index in [1.54, 1.807) is 7.11 Å². The van der Waals surface area contributed by atoms with Crippen molar-refractivity contribution in [3.8, 4) is 5.75 Å². The van der Waals surface area contributed by atoms with Crippen LogP contribution in [0.4, 0.5) is 5.69 Å². The van der Waals surface area contributed by atoms with Crippen LogP contribution < -0.4 is 10.1 Å². The van der Waals surface area contributed by atoms with Gasteiger partial charge in [0, 0.05) is 25.2 Å². The molecule has 1 fully saturated rings. The molecule has 0 unspecified atom stereocenters. The Labute approximate surface area is 108 Å². The van der Waals surface area contributed by atoms with E-state index in [4.69, 9.17) is 9.47 Å². The van der Waals surface area contributed by atoms with Crippen molar-refractivity contribution in [2.24, 2.45) is 0 Å². The topological polar surface area (TPSA) is 30.5 Å². The molecule has 3 nitrogen and oxygen atoms in total. The monoisotopic (exact) mass is 255 g/mol. The summed E-state index contributed by atoms with van der Waals surface area (Å²) in [5.41, 5.74) is 2.88. The van der Waals surface area contributed by atoms with Crippen molar-refractivity contribution in [2.75, 3.05) is 32.2 Å². The number of hydrogen-bond donors (Lipinski definition) is 1. The average molecular weight is 256 g/mol. The molecule has 0 aliphatic carbocycles. The molecule has 0 atom stereocenters. The summed E-state index contributed by atoms with van der Waals surface area (Å²) in [7, 11) is 1.73. The molecule has 2 aliphatic heterocycles. The van der Waals surface area contributed by atoms with Gasteiger partial charge in [-0.1, -0.05) is 12.1 Å². The van der Waals surface area contributed by atoms with E-state index in [0.717, 1.165) is 38.3 Å². The molecule has 3 rings (SSSR count). The van der Waals surface area contributed by atoms with Crippen LogP contribution in [-0.4, -0.2) is 26.9 Å². The maximum absolute atomic E-state index is 5.47. The Balaban J connectivity index is 0.00000108. The van der Waals surface area contributed by atoms with Gasteiger partial charge in [0.05, 0.1) is 12.8 Å². The molecule has 1 N–H and O–H groups in total. The predicted octanol–water partition coefficient (Wildman–Crippen LogP) is 2.59. The quantitative estimate of drug-likeness (QED) is 0.837. The molecule has 0 saturated carbocycles. The van der Waals surface area contributed by atoms with Crippen LogP contribution >= 0.6 is 12.4 Å². The van der Waals surface area contributed by atoms with E-state index in [1.807, 2.05) is 6.07 Å². The summed E-state index contributed by atoms with van der Waals surface area (Å²) < 4.78 is 10.9. The molecule has 4 heteroatoms. The standard InChI is InChI=1S/C13H17NO2.ClH/c1-15-11-4-2-3-10-12(11)14-9-13(10)5-7-16-8-6-13;/h2-4,14H,5-9H2,1H3;1H. The molecule has 2 aliphatic rings. The lowest BCUT2D eigenvalue weighted by Crippen LogP contribution is -2.35. The van der Waals surface area contributed by atoms with Gasteiger partial charge in [-0.3, -0.25) is 0 Å². The van der Waals surface area contributed by atoms with E-state index < -0.39 is 0 Å². The maximum Gasteiger partial charge on any atom is 0.142 e. The van der Waals surface area contributed by atoms with Gasteiger partial charge in [-0.25, -0.2) is 0 Å². The molecule has 1 saturated heterocycles. The lowest BCUT2D eigenvalue weighted by molar-refractivity contribution is 0.0567. The normalized spacial score (nSPS) is 20.3. The number of benzene rings is 1. The largest absolute Gasteiger partial charge is 0.495 e. The molecule has 1 aromatic carbocycles. The van der Waals surface area contributed by atoms with Crippen LogP contribution in [0.25, 0.3) is 0 Å². The lowest BCUT2D eigenvalue weighted by atomic mass is 9.76. The second-order valence-corrected chi connectivity index (χ2v) is 4.63. The van der Waals surface area contributed by atoms with Gasteiger partial charge >= 0.3 is 0 Å². The first-order chi connectivity index (χ1) is 7.86. The van der Waals surface area contributed by atoms with Crippen molar-refractivity contribution in [1.82, 2.24) is 0 Å². The van der Waals surface area contributed by atoms with Crippen LogP contribution in [-0.2, 0) is 10.2 Å². The molecule has 1 aromatic rings. The van der Waals surface area contributed by atoms with E-state index in [9.17, 15) is 0 Å². The van der Waals surface area contributed by atoms with Crippen LogP contribution in [0.1, 0.15) is 18.4 Å². The number of methoxy groups -OCH3 is 1. The van der Waals surface area contributed by atoms with E-state index in [1.165, 1.54) is 11.3 Å². The highest BCUT2D eigenvalue weighted by Crippen LogP contribution is 2.46. The average Bonchev–Trinajstić information content (AvgIpc) is 2.70. The minimum absolute atomic E-state index is 0.